The van der Waals surface area contributed by atoms with Crippen molar-refractivity contribution in [2.45, 2.75) is 31.6 Å². The van der Waals surface area contributed by atoms with Crippen LogP contribution in [0.5, 0.6) is 0 Å². The van der Waals surface area contributed by atoms with Crippen molar-refractivity contribution in [1.82, 2.24) is 0 Å². The van der Waals surface area contributed by atoms with Gasteiger partial charge >= 0.3 is 5.97 Å². The Kier molecular flexibility index (Phi) is 5.70. The summed E-state index contributed by atoms with van der Waals surface area (Å²) in [6, 6.07) is 2.15. The molecular weight excluding hydrogens is 351 g/mol. The quantitative estimate of drug-likeness (QED) is 0.836. The standard InChI is InChI=1S/C13H16BrFO4S/c1-3-4-8(2)7-20(18,19)11-6-9(14)5-10(12(11)15)13(16)17/h5-6,8H,3-4,7H2,1-2H3,(H,16,17). The summed E-state index contributed by atoms with van der Waals surface area (Å²) in [5.74, 6) is -3.02. The average molecular weight is 367 g/mol. The Bertz CT molecular complexity index is 613. The molecule has 0 saturated heterocycles. The van der Waals surface area contributed by atoms with E-state index in [9.17, 15) is 17.6 Å². The molecular formula is C13H16BrFO4S. The zero-order valence-electron chi connectivity index (χ0n) is 11.2. The number of halogens is 2. The SMILES string of the molecule is CCCC(C)CS(=O)(=O)c1cc(Br)cc(C(=O)O)c1F. The Labute approximate surface area is 126 Å². The summed E-state index contributed by atoms with van der Waals surface area (Å²) >= 11 is 3.01. The van der Waals surface area contributed by atoms with Gasteiger partial charge in [-0.2, -0.15) is 0 Å². The maximum absolute atomic E-state index is 14.1. The van der Waals surface area contributed by atoms with E-state index in [1.807, 2.05) is 6.92 Å². The van der Waals surface area contributed by atoms with Gasteiger partial charge in [0, 0.05) is 4.47 Å². The molecule has 0 radical (unpaired) electrons. The van der Waals surface area contributed by atoms with Gasteiger partial charge < -0.3 is 5.11 Å². The smallest absolute Gasteiger partial charge is 0.338 e. The second kappa shape index (κ2) is 6.67. The summed E-state index contributed by atoms with van der Waals surface area (Å²) < 4.78 is 38.7. The third kappa shape index (κ3) is 4.02. The van der Waals surface area contributed by atoms with E-state index in [-0.39, 0.29) is 16.1 Å². The van der Waals surface area contributed by atoms with E-state index in [1.54, 1.807) is 6.92 Å². The number of sulfone groups is 1. The van der Waals surface area contributed by atoms with Gasteiger partial charge in [0.05, 0.1) is 11.3 Å². The molecule has 0 aliphatic heterocycles. The summed E-state index contributed by atoms with van der Waals surface area (Å²) in [6.07, 6.45) is 1.54. The monoisotopic (exact) mass is 366 g/mol. The highest BCUT2D eigenvalue weighted by Gasteiger charge is 2.26. The fourth-order valence-electron chi connectivity index (χ4n) is 1.99. The molecule has 7 heteroatoms. The van der Waals surface area contributed by atoms with E-state index in [2.05, 4.69) is 15.9 Å². The van der Waals surface area contributed by atoms with Crippen LogP contribution in [0.2, 0.25) is 0 Å². The van der Waals surface area contributed by atoms with Crippen LogP contribution in [0.4, 0.5) is 4.39 Å². The molecule has 1 unspecified atom stereocenters. The highest BCUT2D eigenvalue weighted by Crippen LogP contribution is 2.26. The van der Waals surface area contributed by atoms with Crippen LogP contribution in [0, 0.1) is 11.7 Å². The van der Waals surface area contributed by atoms with Gasteiger partial charge in [-0.05, 0) is 24.5 Å². The van der Waals surface area contributed by atoms with Crippen LogP contribution >= 0.6 is 15.9 Å². The van der Waals surface area contributed by atoms with E-state index < -0.39 is 32.1 Å². The van der Waals surface area contributed by atoms with Gasteiger partial charge in [-0.25, -0.2) is 17.6 Å². The van der Waals surface area contributed by atoms with Gasteiger partial charge in [0.15, 0.2) is 15.7 Å². The number of carboxylic acids is 1. The lowest BCUT2D eigenvalue weighted by atomic mass is 10.1. The number of hydrogen-bond acceptors (Lipinski definition) is 3. The number of aromatic carboxylic acids is 1. The van der Waals surface area contributed by atoms with Gasteiger partial charge in [-0.3, -0.25) is 0 Å². The fourth-order valence-corrected chi connectivity index (χ4v) is 4.38. The summed E-state index contributed by atoms with van der Waals surface area (Å²) in [5.41, 5.74) is -0.652. The number of carbonyl (C=O) groups is 1. The van der Waals surface area contributed by atoms with Crippen LogP contribution < -0.4 is 0 Å². The summed E-state index contributed by atoms with van der Waals surface area (Å²) in [6.45, 7) is 3.71. The van der Waals surface area contributed by atoms with Crippen molar-refractivity contribution in [3.05, 3.63) is 28.0 Å². The van der Waals surface area contributed by atoms with Crippen LogP contribution in [0.25, 0.3) is 0 Å². The van der Waals surface area contributed by atoms with Crippen LogP contribution in [0.15, 0.2) is 21.5 Å². The maximum atomic E-state index is 14.1. The Morgan fingerprint density at radius 2 is 2.05 bits per heavy atom. The molecule has 4 nitrogen and oxygen atoms in total. The second-order valence-corrected chi connectivity index (χ2v) is 7.66. The van der Waals surface area contributed by atoms with E-state index in [0.29, 0.717) is 6.42 Å². The predicted molar refractivity (Wildman–Crippen MR) is 77.2 cm³/mol. The summed E-state index contributed by atoms with van der Waals surface area (Å²) in [7, 11) is -3.86. The van der Waals surface area contributed by atoms with Crippen molar-refractivity contribution in [2.24, 2.45) is 5.92 Å². The van der Waals surface area contributed by atoms with Crippen molar-refractivity contribution in [1.29, 1.82) is 0 Å². The zero-order valence-corrected chi connectivity index (χ0v) is 13.6. The molecule has 1 atom stereocenters. The molecule has 1 rings (SSSR count). The average Bonchev–Trinajstić information content (AvgIpc) is 2.30. The van der Waals surface area contributed by atoms with E-state index in [1.165, 1.54) is 0 Å². The highest BCUT2D eigenvalue weighted by atomic mass is 79.9. The Hall–Kier alpha value is -0.950. The molecule has 0 bridgehead atoms. The van der Waals surface area contributed by atoms with E-state index in [0.717, 1.165) is 18.6 Å². The van der Waals surface area contributed by atoms with Gasteiger partial charge in [0.25, 0.3) is 0 Å². The first-order valence-corrected chi connectivity index (χ1v) is 8.58. The molecule has 20 heavy (non-hydrogen) atoms. The zero-order chi connectivity index (χ0) is 15.5. The van der Waals surface area contributed by atoms with Gasteiger partial charge in [-0.15, -0.1) is 0 Å². The lowest BCUT2D eigenvalue weighted by Gasteiger charge is -2.12. The molecule has 0 aliphatic rings. The van der Waals surface area contributed by atoms with Crippen molar-refractivity contribution in [2.75, 3.05) is 5.75 Å². The Morgan fingerprint density at radius 3 is 2.55 bits per heavy atom. The van der Waals surface area contributed by atoms with Crippen LogP contribution in [-0.4, -0.2) is 25.2 Å². The predicted octanol–water partition coefficient (Wildman–Crippen LogP) is 3.50. The van der Waals surface area contributed by atoms with Gasteiger partial charge in [0.2, 0.25) is 0 Å². The summed E-state index contributed by atoms with van der Waals surface area (Å²) in [4.78, 5) is 10.4. The third-order valence-corrected chi connectivity index (χ3v) is 5.29. The lowest BCUT2D eigenvalue weighted by Crippen LogP contribution is -2.17. The van der Waals surface area contributed by atoms with Crippen LogP contribution in [-0.2, 0) is 9.84 Å². The van der Waals surface area contributed by atoms with Crippen molar-refractivity contribution in [3.8, 4) is 0 Å². The van der Waals surface area contributed by atoms with Crippen molar-refractivity contribution < 1.29 is 22.7 Å². The topological polar surface area (TPSA) is 71.4 Å². The maximum Gasteiger partial charge on any atom is 0.338 e. The van der Waals surface area contributed by atoms with Crippen LogP contribution in [0.1, 0.15) is 37.0 Å². The van der Waals surface area contributed by atoms with Crippen molar-refractivity contribution in [3.63, 3.8) is 0 Å². The Morgan fingerprint density at radius 1 is 1.45 bits per heavy atom. The highest BCUT2D eigenvalue weighted by molar-refractivity contribution is 9.10. The molecule has 0 aromatic heterocycles. The van der Waals surface area contributed by atoms with Crippen LogP contribution in [0.3, 0.4) is 0 Å². The molecule has 1 aromatic carbocycles. The molecule has 0 fully saturated rings. The molecule has 1 N–H and O–H groups in total. The minimum absolute atomic E-state index is 0.114. The first-order valence-electron chi connectivity index (χ1n) is 6.14. The summed E-state index contributed by atoms with van der Waals surface area (Å²) in [5, 5.41) is 8.89. The molecule has 0 saturated carbocycles. The molecule has 0 heterocycles. The molecule has 0 amide bonds. The normalized spacial score (nSPS) is 13.2. The molecule has 1 aromatic rings. The number of carboxylic acid groups (broad SMARTS) is 1. The number of rotatable bonds is 6. The number of hydrogen-bond donors (Lipinski definition) is 1. The van der Waals surface area contributed by atoms with E-state index >= 15 is 0 Å². The molecule has 0 spiro atoms. The second-order valence-electron chi connectivity index (χ2n) is 4.75. The van der Waals surface area contributed by atoms with E-state index in [4.69, 9.17) is 5.11 Å². The minimum Gasteiger partial charge on any atom is -0.478 e. The number of benzene rings is 1. The van der Waals surface area contributed by atoms with Crippen molar-refractivity contribution >= 4 is 31.7 Å². The first-order chi connectivity index (χ1) is 9.19. The largest absolute Gasteiger partial charge is 0.478 e. The Balaban J connectivity index is 3.28. The van der Waals surface area contributed by atoms with Gasteiger partial charge in [-0.1, -0.05) is 36.2 Å². The molecule has 0 aliphatic carbocycles. The third-order valence-electron chi connectivity index (χ3n) is 2.85. The molecule has 112 valence electrons. The fraction of sp³-hybridized carbons (Fsp3) is 0.462. The van der Waals surface area contributed by atoms with Gasteiger partial charge in [0.1, 0.15) is 4.90 Å². The first kappa shape index (κ1) is 17.1. The minimum atomic E-state index is -3.86. The lowest BCUT2D eigenvalue weighted by molar-refractivity contribution is 0.0691.